The third-order valence-corrected chi connectivity index (χ3v) is 4.69. The molecule has 0 aromatic heterocycles. The van der Waals surface area contributed by atoms with Crippen molar-refractivity contribution in [2.75, 3.05) is 31.6 Å². The highest BCUT2D eigenvalue weighted by molar-refractivity contribution is 6.30. The van der Waals surface area contributed by atoms with Crippen LogP contribution >= 0.6 is 11.6 Å². The van der Waals surface area contributed by atoms with Gasteiger partial charge in [-0.25, -0.2) is 4.39 Å². The molecule has 4 rings (SSSR count). The van der Waals surface area contributed by atoms with Gasteiger partial charge in [0.2, 0.25) is 0 Å². The topological polar surface area (TPSA) is 67.9 Å². The van der Waals surface area contributed by atoms with E-state index in [2.05, 4.69) is 5.32 Å². The van der Waals surface area contributed by atoms with Crippen LogP contribution in [0.5, 0.6) is 11.5 Å². The molecule has 8 heteroatoms. The van der Waals surface area contributed by atoms with Crippen LogP contribution in [-0.4, -0.2) is 43.0 Å². The molecule has 0 bridgehead atoms. The Kier molecular flexibility index (Phi) is 4.61. The van der Waals surface area contributed by atoms with Gasteiger partial charge in [-0.3, -0.25) is 9.59 Å². The molecule has 140 valence electrons. The second-order valence-electron chi connectivity index (χ2n) is 6.51. The van der Waals surface area contributed by atoms with E-state index in [9.17, 15) is 14.0 Å². The van der Waals surface area contributed by atoms with E-state index in [0.717, 1.165) is 6.07 Å². The van der Waals surface area contributed by atoms with Crippen LogP contribution in [0.2, 0.25) is 5.02 Å². The summed E-state index contributed by atoms with van der Waals surface area (Å²) in [5, 5.41) is 3.17. The van der Waals surface area contributed by atoms with Gasteiger partial charge in [0.1, 0.15) is 17.3 Å². The van der Waals surface area contributed by atoms with Gasteiger partial charge >= 0.3 is 0 Å². The number of nitrogens with one attached hydrogen (secondary N) is 1. The lowest BCUT2D eigenvalue weighted by Gasteiger charge is -2.39. The second kappa shape index (κ2) is 7.08. The number of hydrogen-bond acceptors (Lipinski definition) is 4. The Morgan fingerprint density at radius 1 is 1.33 bits per heavy atom. The van der Waals surface area contributed by atoms with Crippen molar-refractivity contribution < 1.29 is 23.5 Å². The number of hydrogen-bond donors (Lipinski definition) is 1. The number of benzene rings is 2. The lowest BCUT2D eigenvalue weighted by Crippen LogP contribution is -2.52. The van der Waals surface area contributed by atoms with Crippen molar-refractivity contribution in [1.82, 2.24) is 4.90 Å². The summed E-state index contributed by atoms with van der Waals surface area (Å²) in [5.41, 5.74) is 0.214. The first-order valence-electron chi connectivity index (χ1n) is 8.43. The molecule has 2 heterocycles. The minimum absolute atomic E-state index is 0.0891. The fourth-order valence-corrected chi connectivity index (χ4v) is 3.23. The molecule has 1 N–H and O–H groups in total. The second-order valence-corrected chi connectivity index (χ2v) is 6.95. The Hall–Kier alpha value is -2.80. The number of amides is 2. The van der Waals surface area contributed by atoms with Crippen molar-refractivity contribution in [3.05, 3.63) is 52.8 Å². The number of rotatable bonds is 4. The summed E-state index contributed by atoms with van der Waals surface area (Å²) in [6.07, 6.45) is 0. The fourth-order valence-electron chi connectivity index (χ4n) is 3.05. The zero-order valence-corrected chi connectivity index (χ0v) is 15.0. The van der Waals surface area contributed by atoms with Crippen LogP contribution in [0.3, 0.4) is 0 Å². The Bertz CT molecular complexity index is 915. The summed E-state index contributed by atoms with van der Waals surface area (Å²) in [6.45, 7) is 1.22. The average Bonchev–Trinajstić information content (AvgIpc) is 2.60. The fraction of sp³-hybridized carbons (Fsp3) is 0.263. The number of ether oxygens (including phenoxy) is 2. The third kappa shape index (κ3) is 3.68. The van der Waals surface area contributed by atoms with E-state index >= 15 is 0 Å². The summed E-state index contributed by atoms with van der Waals surface area (Å²) in [7, 11) is 0. The summed E-state index contributed by atoms with van der Waals surface area (Å²) in [4.78, 5) is 25.5. The van der Waals surface area contributed by atoms with Crippen LogP contribution in [0.1, 0.15) is 10.4 Å². The first-order chi connectivity index (χ1) is 13.0. The monoisotopic (exact) mass is 390 g/mol. The normalized spacial score (nSPS) is 16.1. The van der Waals surface area contributed by atoms with Gasteiger partial charge in [0.25, 0.3) is 11.8 Å². The Morgan fingerprint density at radius 2 is 2.15 bits per heavy atom. The van der Waals surface area contributed by atoms with Crippen LogP contribution in [0.25, 0.3) is 0 Å². The minimum Gasteiger partial charge on any atom is -0.493 e. The maximum absolute atomic E-state index is 14.3. The van der Waals surface area contributed by atoms with Gasteiger partial charge in [0.05, 0.1) is 17.9 Å². The molecule has 2 aliphatic rings. The Labute approximate surface area is 159 Å². The largest absolute Gasteiger partial charge is 0.493 e. The molecule has 0 saturated carbocycles. The number of halogens is 2. The highest BCUT2D eigenvalue weighted by atomic mass is 35.5. The molecule has 1 fully saturated rings. The van der Waals surface area contributed by atoms with Crippen LogP contribution in [0.15, 0.2) is 36.4 Å². The lowest BCUT2D eigenvalue weighted by atomic mass is 9.99. The molecule has 0 spiro atoms. The Balaban J connectivity index is 1.36. The minimum atomic E-state index is -0.673. The van der Waals surface area contributed by atoms with E-state index < -0.39 is 11.7 Å². The number of anilines is 1. The summed E-state index contributed by atoms with van der Waals surface area (Å²) in [5.74, 6) is -0.377. The molecular weight excluding hydrogens is 375 g/mol. The molecule has 6 nitrogen and oxygen atoms in total. The van der Waals surface area contributed by atoms with Crippen LogP contribution < -0.4 is 14.8 Å². The van der Waals surface area contributed by atoms with Crippen molar-refractivity contribution in [3.8, 4) is 11.5 Å². The SMILES string of the molecule is O=C1COc2cc(F)c(C(=O)N3CC(COc4cccc(Cl)c4)C3)cc2N1. The number of carbonyl (C=O) groups excluding carboxylic acids is 2. The predicted molar refractivity (Wildman–Crippen MR) is 96.9 cm³/mol. The molecular formula is C19H16ClFN2O4. The number of fused-ring (bicyclic) bond motifs is 1. The molecule has 2 aliphatic heterocycles. The summed E-state index contributed by atoms with van der Waals surface area (Å²) >= 11 is 5.91. The quantitative estimate of drug-likeness (QED) is 0.871. The summed E-state index contributed by atoms with van der Waals surface area (Å²) in [6, 6.07) is 9.55. The highest BCUT2D eigenvalue weighted by Gasteiger charge is 2.33. The number of carbonyl (C=O) groups is 2. The average molecular weight is 391 g/mol. The predicted octanol–water partition coefficient (Wildman–Crippen LogP) is 2.96. The summed E-state index contributed by atoms with van der Waals surface area (Å²) < 4.78 is 25.1. The van der Waals surface area contributed by atoms with Gasteiger partial charge in [0, 0.05) is 30.1 Å². The van der Waals surface area contributed by atoms with Gasteiger partial charge in [0.15, 0.2) is 6.61 Å². The maximum atomic E-state index is 14.3. The lowest BCUT2D eigenvalue weighted by molar-refractivity contribution is -0.118. The van der Waals surface area contributed by atoms with E-state index in [4.69, 9.17) is 21.1 Å². The molecule has 27 heavy (non-hydrogen) atoms. The molecule has 2 amide bonds. The highest BCUT2D eigenvalue weighted by Crippen LogP contribution is 2.32. The molecule has 1 saturated heterocycles. The molecule has 0 atom stereocenters. The first kappa shape index (κ1) is 17.6. The van der Waals surface area contributed by atoms with Crippen molar-refractivity contribution in [2.24, 2.45) is 5.92 Å². The van der Waals surface area contributed by atoms with Crippen molar-refractivity contribution in [1.29, 1.82) is 0 Å². The van der Waals surface area contributed by atoms with E-state index in [-0.39, 0.29) is 29.7 Å². The zero-order valence-electron chi connectivity index (χ0n) is 14.2. The molecule has 0 radical (unpaired) electrons. The van der Waals surface area contributed by atoms with Gasteiger partial charge in [-0.05, 0) is 24.3 Å². The van der Waals surface area contributed by atoms with E-state index in [1.54, 1.807) is 23.1 Å². The van der Waals surface area contributed by atoms with Gasteiger partial charge in [-0.2, -0.15) is 0 Å². The molecule has 2 aromatic rings. The van der Waals surface area contributed by atoms with E-state index in [1.807, 2.05) is 6.07 Å². The maximum Gasteiger partial charge on any atom is 0.262 e. The van der Waals surface area contributed by atoms with E-state index in [0.29, 0.717) is 36.2 Å². The first-order valence-corrected chi connectivity index (χ1v) is 8.81. The molecule has 2 aromatic carbocycles. The number of nitrogens with zero attached hydrogens (tertiary/aromatic N) is 1. The third-order valence-electron chi connectivity index (χ3n) is 4.46. The van der Waals surface area contributed by atoms with Gasteiger partial charge in [-0.15, -0.1) is 0 Å². The molecule has 0 aliphatic carbocycles. The Morgan fingerprint density at radius 3 is 2.93 bits per heavy atom. The zero-order chi connectivity index (χ0) is 19.0. The van der Waals surface area contributed by atoms with Gasteiger partial charge in [-0.1, -0.05) is 17.7 Å². The van der Waals surface area contributed by atoms with Crippen molar-refractivity contribution in [2.45, 2.75) is 0 Å². The number of likely N-dealkylation sites (tertiary alicyclic amines) is 1. The van der Waals surface area contributed by atoms with Crippen LogP contribution in [0, 0.1) is 11.7 Å². The van der Waals surface area contributed by atoms with Crippen molar-refractivity contribution in [3.63, 3.8) is 0 Å². The van der Waals surface area contributed by atoms with Crippen LogP contribution in [-0.2, 0) is 4.79 Å². The molecule has 0 unspecified atom stereocenters. The van der Waals surface area contributed by atoms with E-state index in [1.165, 1.54) is 6.07 Å². The standard InChI is InChI=1S/C19H16ClFN2O4/c20-12-2-1-3-13(4-12)26-9-11-7-23(8-11)19(25)14-5-16-17(6-15(14)21)27-10-18(24)22-16/h1-6,11H,7-10H2,(H,22,24). The smallest absolute Gasteiger partial charge is 0.262 e. The van der Waals surface area contributed by atoms with Crippen molar-refractivity contribution >= 4 is 29.1 Å². The van der Waals surface area contributed by atoms with Crippen LogP contribution in [0.4, 0.5) is 10.1 Å². The van der Waals surface area contributed by atoms with Gasteiger partial charge < -0.3 is 19.7 Å².